The van der Waals surface area contributed by atoms with Gasteiger partial charge in [-0.2, -0.15) is 0 Å². The normalized spacial score (nSPS) is 12.5. The van der Waals surface area contributed by atoms with Gasteiger partial charge in [0.1, 0.15) is 5.82 Å². The number of nitrogens with two attached hydrogens (primary N) is 1. The summed E-state index contributed by atoms with van der Waals surface area (Å²) in [7, 11) is 0. The number of carboxylic acid groups (broad SMARTS) is 1. The van der Waals surface area contributed by atoms with E-state index in [9.17, 15) is 4.79 Å². The van der Waals surface area contributed by atoms with Crippen molar-refractivity contribution in [2.75, 3.05) is 0 Å². The molecule has 1 unspecified atom stereocenters. The zero-order valence-electron chi connectivity index (χ0n) is 6.56. The third kappa shape index (κ3) is 1.76. The highest BCUT2D eigenvalue weighted by Gasteiger charge is 2.07. The van der Waals surface area contributed by atoms with E-state index in [1.165, 1.54) is 12.3 Å². The van der Waals surface area contributed by atoms with Crippen LogP contribution in [0.5, 0.6) is 0 Å². The predicted octanol–water partition coefficient (Wildman–Crippen LogP) is 0.195. The molecule has 0 aromatic carbocycles. The van der Waals surface area contributed by atoms with Gasteiger partial charge in [-0.15, -0.1) is 0 Å². The fraction of sp³-hybridized carbons (Fsp3) is 0.286. The highest BCUT2D eigenvalue weighted by Crippen LogP contribution is 2.02. The fourth-order valence-corrected chi connectivity index (χ4v) is 0.712. The number of hydrogen-bond donors (Lipinski definition) is 2. The largest absolute Gasteiger partial charge is 0.477 e. The second-order valence-corrected chi connectivity index (χ2v) is 2.39. The molecule has 64 valence electrons. The van der Waals surface area contributed by atoms with Gasteiger partial charge in [0.05, 0.1) is 6.04 Å². The third-order valence-electron chi connectivity index (χ3n) is 1.30. The summed E-state index contributed by atoms with van der Waals surface area (Å²) in [4.78, 5) is 18.0. The second-order valence-electron chi connectivity index (χ2n) is 2.39. The van der Waals surface area contributed by atoms with Crippen LogP contribution < -0.4 is 5.73 Å². The fourth-order valence-electron chi connectivity index (χ4n) is 0.712. The first-order chi connectivity index (χ1) is 5.61. The van der Waals surface area contributed by atoms with Crippen molar-refractivity contribution in [3.05, 3.63) is 23.8 Å². The molecule has 0 spiro atoms. The Bertz CT molecular complexity index is 298. The summed E-state index contributed by atoms with van der Waals surface area (Å²) in [5.74, 6) is -0.728. The maximum absolute atomic E-state index is 10.4. The van der Waals surface area contributed by atoms with Crippen molar-refractivity contribution in [3.8, 4) is 0 Å². The molecule has 1 aromatic rings. The van der Waals surface area contributed by atoms with Crippen molar-refractivity contribution in [1.82, 2.24) is 9.97 Å². The summed E-state index contributed by atoms with van der Waals surface area (Å²) in [6.07, 6.45) is 1.38. The van der Waals surface area contributed by atoms with Crippen LogP contribution in [-0.2, 0) is 0 Å². The predicted molar refractivity (Wildman–Crippen MR) is 41.6 cm³/mol. The molecule has 0 aliphatic heterocycles. The standard InChI is InChI=1S/C7H9N3O2/c1-4(8)6-9-3-2-5(10-6)7(11)12/h2-4H,8H2,1H3,(H,11,12). The molecule has 1 aromatic heterocycles. The molecule has 0 aliphatic carbocycles. The number of aromatic carboxylic acids is 1. The van der Waals surface area contributed by atoms with Crippen LogP contribution in [0.15, 0.2) is 12.3 Å². The third-order valence-corrected chi connectivity index (χ3v) is 1.30. The Morgan fingerprint density at radius 2 is 2.42 bits per heavy atom. The van der Waals surface area contributed by atoms with Crippen molar-refractivity contribution in [3.63, 3.8) is 0 Å². The molecule has 5 heteroatoms. The van der Waals surface area contributed by atoms with Crippen LogP contribution in [0.25, 0.3) is 0 Å². The summed E-state index contributed by atoms with van der Waals surface area (Å²) in [5, 5.41) is 8.56. The first kappa shape index (κ1) is 8.61. The second kappa shape index (κ2) is 3.27. The lowest BCUT2D eigenvalue weighted by molar-refractivity contribution is 0.0690. The number of nitrogens with zero attached hydrogens (tertiary/aromatic N) is 2. The molecular formula is C7H9N3O2. The minimum atomic E-state index is -1.07. The Kier molecular flexibility index (Phi) is 2.35. The molecule has 1 heterocycles. The maximum atomic E-state index is 10.4. The van der Waals surface area contributed by atoms with Crippen molar-refractivity contribution in [2.45, 2.75) is 13.0 Å². The molecule has 0 saturated heterocycles. The summed E-state index contributed by atoms with van der Waals surface area (Å²) in [6, 6.07) is 0.984. The van der Waals surface area contributed by atoms with Gasteiger partial charge >= 0.3 is 5.97 Å². The van der Waals surface area contributed by atoms with Crippen LogP contribution in [0.1, 0.15) is 29.3 Å². The SMILES string of the molecule is CC(N)c1nccc(C(=O)O)n1. The van der Waals surface area contributed by atoms with E-state index in [-0.39, 0.29) is 11.7 Å². The molecule has 12 heavy (non-hydrogen) atoms. The quantitative estimate of drug-likeness (QED) is 0.656. The van der Waals surface area contributed by atoms with Crippen LogP contribution in [-0.4, -0.2) is 21.0 Å². The Balaban J connectivity index is 3.04. The lowest BCUT2D eigenvalue weighted by atomic mass is 10.3. The van der Waals surface area contributed by atoms with Crippen LogP contribution >= 0.6 is 0 Å². The maximum Gasteiger partial charge on any atom is 0.354 e. The summed E-state index contributed by atoms with van der Waals surface area (Å²) >= 11 is 0. The van der Waals surface area contributed by atoms with E-state index >= 15 is 0 Å². The minimum absolute atomic E-state index is 0.0303. The van der Waals surface area contributed by atoms with E-state index in [4.69, 9.17) is 10.8 Å². The molecule has 1 atom stereocenters. The van der Waals surface area contributed by atoms with Crippen molar-refractivity contribution < 1.29 is 9.90 Å². The highest BCUT2D eigenvalue weighted by atomic mass is 16.4. The number of aromatic nitrogens is 2. The topological polar surface area (TPSA) is 89.1 Å². The molecule has 3 N–H and O–H groups in total. The first-order valence-electron chi connectivity index (χ1n) is 3.43. The number of carboxylic acids is 1. The zero-order valence-corrected chi connectivity index (χ0v) is 6.56. The van der Waals surface area contributed by atoms with Gasteiger partial charge < -0.3 is 10.8 Å². The van der Waals surface area contributed by atoms with Crippen LogP contribution in [0.3, 0.4) is 0 Å². The minimum Gasteiger partial charge on any atom is -0.477 e. The molecule has 0 aliphatic rings. The molecule has 5 nitrogen and oxygen atoms in total. The van der Waals surface area contributed by atoms with Crippen molar-refractivity contribution in [2.24, 2.45) is 5.73 Å². The Labute approximate surface area is 69.3 Å². The van der Waals surface area contributed by atoms with Crippen LogP contribution in [0.2, 0.25) is 0 Å². The smallest absolute Gasteiger partial charge is 0.354 e. The molecule has 0 saturated carbocycles. The average Bonchev–Trinajstić information content (AvgIpc) is 2.04. The molecule has 0 radical (unpaired) electrons. The highest BCUT2D eigenvalue weighted by molar-refractivity contribution is 5.85. The summed E-state index contributed by atoms with van der Waals surface area (Å²) in [6.45, 7) is 1.70. The summed E-state index contributed by atoms with van der Waals surface area (Å²) < 4.78 is 0. The van der Waals surface area contributed by atoms with Gasteiger partial charge in [0.15, 0.2) is 5.69 Å². The number of carbonyl (C=O) groups is 1. The zero-order chi connectivity index (χ0) is 9.14. The van der Waals surface area contributed by atoms with E-state index in [1.54, 1.807) is 6.92 Å². The van der Waals surface area contributed by atoms with Crippen LogP contribution in [0, 0.1) is 0 Å². The molecule has 0 fully saturated rings. The summed E-state index contributed by atoms with van der Waals surface area (Å²) in [5.41, 5.74) is 5.43. The van der Waals surface area contributed by atoms with Crippen LogP contribution in [0.4, 0.5) is 0 Å². The average molecular weight is 167 g/mol. The van der Waals surface area contributed by atoms with E-state index < -0.39 is 5.97 Å². The molecule has 1 rings (SSSR count). The first-order valence-corrected chi connectivity index (χ1v) is 3.43. The Morgan fingerprint density at radius 1 is 1.75 bits per heavy atom. The molecule has 0 amide bonds. The van der Waals surface area contributed by atoms with Gasteiger partial charge in [0, 0.05) is 6.20 Å². The Morgan fingerprint density at radius 3 is 2.92 bits per heavy atom. The number of hydrogen-bond acceptors (Lipinski definition) is 4. The molecular weight excluding hydrogens is 158 g/mol. The van der Waals surface area contributed by atoms with Gasteiger partial charge in [0.2, 0.25) is 0 Å². The van der Waals surface area contributed by atoms with Gasteiger partial charge in [-0.25, -0.2) is 14.8 Å². The van der Waals surface area contributed by atoms with Gasteiger partial charge in [0.25, 0.3) is 0 Å². The van der Waals surface area contributed by atoms with E-state index in [0.29, 0.717) is 5.82 Å². The van der Waals surface area contributed by atoms with Gasteiger partial charge in [-0.05, 0) is 13.0 Å². The van der Waals surface area contributed by atoms with E-state index in [1.807, 2.05) is 0 Å². The van der Waals surface area contributed by atoms with Gasteiger partial charge in [-0.3, -0.25) is 0 Å². The van der Waals surface area contributed by atoms with Crippen molar-refractivity contribution >= 4 is 5.97 Å². The van der Waals surface area contributed by atoms with E-state index in [2.05, 4.69) is 9.97 Å². The number of rotatable bonds is 2. The van der Waals surface area contributed by atoms with Gasteiger partial charge in [-0.1, -0.05) is 0 Å². The van der Waals surface area contributed by atoms with Crippen molar-refractivity contribution in [1.29, 1.82) is 0 Å². The lowest BCUT2D eigenvalue weighted by Crippen LogP contribution is -2.12. The monoisotopic (exact) mass is 167 g/mol. The molecule has 0 bridgehead atoms. The Hall–Kier alpha value is -1.49. The lowest BCUT2D eigenvalue weighted by Gasteiger charge is -2.02. The van der Waals surface area contributed by atoms with E-state index in [0.717, 1.165) is 0 Å².